The molecule has 1 heterocycles. The van der Waals surface area contributed by atoms with Gasteiger partial charge in [-0.05, 0) is 6.92 Å². The monoisotopic (exact) mass is 228 g/mol. The molecule has 0 aliphatic rings. The topological polar surface area (TPSA) is 90.1 Å². The summed E-state index contributed by atoms with van der Waals surface area (Å²) in [4.78, 5) is 18.1. The van der Waals surface area contributed by atoms with E-state index in [0.717, 1.165) is 6.20 Å². The number of carbonyl (C=O) groups is 1. The molecule has 0 radical (unpaired) electrons. The number of nitrogens with zero attached hydrogens (tertiary/aromatic N) is 2. The smallest absolute Gasteiger partial charge is 0.307 e. The van der Waals surface area contributed by atoms with E-state index in [2.05, 4.69) is 15.3 Å². The Kier molecular flexibility index (Phi) is 4.43. The molecule has 6 nitrogen and oxygen atoms in total. The van der Waals surface area contributed by atoms with Crippen molar-refractivity contribution in [1.82, 2.24) is 9.97 Å². The second kappa shape index (κ2) is 5.84. The van der Waals surface area contributed by atoms with Gasteiger partial charge >= 0.3 is 5.97 Å². The molecule has 0 amide bonds. The summed E-state index contributed by atoms with van der Waals surface area (Å²) in [5, 5.41) is 2.64. The molecule has 3 N–H and O–H groups in total. The van der Waals surface area contributed by atoms with Crippen molar-refractivity contribution in [3.8, 4) is 0 Å². The van der Waals surface area contributed by atoms with Crippen molar-refractivity contribution < 1.29 is 13.9 Å². The van der Waals surface area contributed by atoms with Gasteiger partial charge in [0.15, 0.2) is 11.6 Å². The van der Waals surface area contributed by atoms with Crippen molar-refractivity contribution in [1.29, 1.82) is 0 Å². The van der Waals surface area contributed by atoms with Gasteiger partial charge in [-0.15, -0.1) is 0 Å². The maximum Gasteiger partial charge on any atom is 0.307 e. The molecule has 0 saturated carbocycles. The fourth-order valence-electron chi connectivity index (χ4n) is 1.02. The van der Waals surface area contributed by atoms with Crippen LogP contribution in [0.25, 0.3) is 0 Å². The SMILES string of the molecule is CCOC(=O)CCNc1nc(N)ncc1F. The lowest BCUT2D eigenvalue weighted by atomic mass is 10.4. The van der Waals surface area contributed by atoms with Gasteiger partial charge in [0.2, 0.25) is 5.95 Å². The van der Waals surface area contributed by atoms with E-state index in [9.17, 15) is 9.18 Å². The van der Waals surface area contributed by atoms with Crippen molar-refractivity contribution >= 4 is 17.7 Å². The summed E-state index contributed by atoms with van der Waals surface area (Å²) in [7, 11) is 0. The van der Waals surface area contributed by atoms with Crippen molar-refractivity contribution in [3.63, 3.8) is 0 Å². The number of hydrogen-bond donors (Lipinski definition) is 2. The van der Waals surface area contributed by atoms with Crippen LogP contribution in [0.15, 0.2) is 6.20 Å². The first kappa shape index (κ1) is 12.2. The fraction of sp³-hybridized carbons (Fsp3) is 0.444. The van der Waals surface area contributed by atoms with Gasteiger partial charge in [-0.3, -0.25) is 4.79 Å². The highest BCUT2D eigenvalue weighted by Crippen LogP contribution is 2.09. The number of esters is 1. The second-order valence-electron chi connectivity index (χ2n) is 2.91. The lowest BCUT2D eigenvalue weighted by Gasteiger charge is -2.06. The van der Waals surface area contributed by atoms with Crippen molar-refractivity contribution in [3.05, 3.63) is 12.0 Å². The summed E-state index contributed by atoms with van der Waals surface area (Å²) in [6.45, 7) is 2.27. The number of rotatable bonds is 5. The first-order valence-corrected chi connectivity index (χ1v) is 4.81. The zero-order chi connectivity index (χ0) is 12.0. The third kappa shape index (κ3) is 3.68. The summed E-state index contributed by atoms with van der Waals surface area (Å²) < 4.78 is 17.8. The van der Waals surface area contributed by atoms with E-state index in [-0.39, 0.29) is 30.7 Å². The zero-order valence-corrected chi connectivity index (χ0v) is 8.86. The van der Waals surface area contributed by atoms with Gasteiger partial charge in [-0.25, -0.2) is 9.37 Å². The minimum absolute atomic E-state index is 0.0169. The molecule has 0 saturated heterocycles. The van der Waals surface area contributed by atoms with E-state index >= 15 is 0 Å². The Morgan fingerprint density at radius 2 is 2.44 bits per heavy atom. The van der Waals surface area contributed by atoms with Gasteiger partial charge in [0.1, 0.15) is 0 Å². The Hall–Kier alpha value is -1.92. The lowest BCUT2D eigenvalue weighted by molar-refractivity contribution is -0.142. The molecule has 16 heavy (non-hydrogen) atoms. The van der Waals surface area contributed by atoms with Gasteiger partial charge in [-0.2, -0.15) is 4.98 Å². The number of aromatic nitrogens is 2. The molecule has 0 unspecified atom stereocenters. The molecule has 88 valence electrons. The number of halogens is 1. The highest BCUT2D eigenvalue weighted by molar-refractivity contribution is 5.69. The van der Waals surface area contributed by atoms with Crippen molar-refractivity contribution in [2.75, 3.05) is 24.2 Å². The molecule has 1 aromatic rings. The normalized spacial score (nSPS) is 9.88. The predicted molar refractivity (Wildman–Crippen MR) is 56.1 cm³/mol. The summed E-state index contributed by atoms with van der Waals surface area (Å²) in [6, 6.07) is 0. The molecule has 1 aromatic heterocycles. The maximum atomic E-state index is 13.1. The average Bonchev–Trinajstić information content (AvgIpc) is 2.23. The highest BCUT2D eigenvalue weighted by Gasteiger charge is 2.06. The van der Waals surface area contributed by atoms with Crippen LogP contribution < -0.4 is 11.1 Å². The molecule has 0 atom stereocenters. The number of nitrogens with two attached hydrogens (primary N) is 1. The van der Waals surface area contributed by atoms with Crippen LogP contribution in [-0.2, 0) is 9.53 Å². The Bertz CT molecular complexity index is 373. The molecule has 1 rings (SSSR count). The summed E-state index contributed by atoms with van der Waals surface area (Å²) in [6.07, 6.45) is 1.10. The molecule has 0 aromatic carbocycles. The van der Waals surface area contributed by atoms with E-state index in [0.29, 0.717) is 6.61 Å². The molecular formula is C9H13FN4O2. The third-order valence-corrected chi connectivity index (χ3v) is 1.69. The van der Waals surface area contributed by atoms with E-state index < -0.39 is 5.82 Å². The number of anilines is 2. The van der Waals surface area contributed by atoms with E-state index in [4.69, 9.17) is 10.5 Å². The summed E-state index contributed by atoms with van der Waals surface area (Å²) in [5.41, 5.74) is 5.29. The van der Waals surface area contributed by atoms with Crippen LogP contribution in [0.5, 0.6) is 0 Å². The lowest BCUT2D eigenvalue weighted by Crippen LogP contribution is -2.13. The third-order valence-electron chi connectivity index (χ3n) is 1.69. The standard InChI is InChI=1S/C9H13FN4O2/c1-2-16-7(15)3-4-12-8-6(10)5-13-9(11)14-8/h5H,2-4H2,1H3,(H3,11,12,13,14). The van der Waals surface area contributed by atoms with Gasteiger partial charge in [0, 0.05) is 6.54 Å². The Morgan fingerprint density at radius 1 is 1.69 bits per heavy atom. The fourth-order valence-corrected chi connectivity index (χ4v) is 1.02. The molecule has 0 bridgehead atoms. The van der Waals surface area contributed by atoms with Crippen LogP contribution >= 0.6 is 0 Å². The number of nitrogen functional groups attached to an aromatic ring is 1. The van der Waals surface area contributed by atoms with Crippen LogP contribution in [0.3, 0.4) is 0 Å². The molecule has 0 aliphatic carbocycles. The minimum atomic E-state index is -0.613. The number of hydrogen-bond acceptors (Lipinski definition) is 6. The van der Waals surface area contributed by atoms with Crippen LogP contribution in [0, 0.1) is 5.82 Å². The number of carbonyl (C=O) groups excluding carboxylic acids is 1. The van der Waals surface area contributed by atoms with Gasteiger partial charge in [0.05, 0.1) is 19.2 Å². The molecule has 7 heteroatoms. The number of ether oxygens (including phenoxy) is 1. The second-order valence-corrected chi connectivity index (χ2v) is 2.91. The largest absolute Gasteiger partial charge is 0.466 e. The van der Waals surface area contributed by atoms with Crippen LogP contribution in [0.1, 0.15) is 13.3 Å². The van der Waals surface area contributed by atoms with Crippen molar-refractivity contribution in [2.24, 2.45) is 0 Å². The number of nitrogens with one attached hydrogen (secondary N) is 1. The van der Waals surface area contributed by atoms with Gasteiger partial charge < -0.3 is 15.8 Å². The Morgan fingerprint density at radius 3 is 3.12 bits per heavy atom. The minimum Gasteiger partial charge on any atom is -0.466 e. The Balaban J connectivity index is 2.42. The first-order valence-electron chi connectivity index (χ1n) is 4.81. The zero-order valence-electron chi connectivity index (χ0n) is 8.86. The van der Waals surface area contributed by atoms with E-state index in [1.54, 1.807) is 6.92 Å². The molecule has 0 aliphatic heterocycles. The van der Waals surface area contributed by atoms with Crippen molar-refractivity contribution in [2.45, 2.75) is 13.3 Å². The van der Waals surface area contributed by atoms with Gasteiger partial charge in [-0.1, -0.05) is 0 Å². The summed E-state index contributed by atoms with van der Waals surface area (Å²) >= 11 is 0. The molecular weight excluding hydrogens is 215 g/mol. The first-order chi connectivity index (χ1) is 7.63. The van der Waals surface area contributed by atoms with Gasteiger partial charge in [0.25, 0.3) is 0 Å². The van der Waals surface area contributed by atoms with Crippen LogP contribution in [0.2, 0.25) is 0 Å². The maximum absolute atomic E-state index is 13.1. The highest BCUT2D eigenvalue weighted by atomic mass is 19.1. The predicted octanol–water partition coefficient (Wildman–Crippen LogP) is 0.563. The van der Waals surface area contributed by atoms with E-state index in [1.807, 2.05) is 0 Å². The quantitative estimate of drug-likeness (QED) is 0.716. The van der Waals surface area contributed by atoms with Crippen LogP contribution in [0.4, 0.5) is 16.2 Å². The average molecular weight is 228 g/mol. The molecule has 0 spiro atoms. The molecule has 0 fully saturated rings. The van der Waals surface area contributed by atoms with Crippen LogP contribution in [-0.4, -0.2) is 29.1 Å². The summed E-state index contributed by atoms with van der Waals surface area (Å²) in [5.74, 6) is -1.01. The van der Waals surface area contributed by atoms with E-state index in [1.165, 1.54) is 0 Å². The Labute approximate surface area is 92.0 Å².